The normalized spacial score (nSPS) is 14.8. The Morgan fingerprint density at radius 1 is 1.15 bits per heavy atom. The molecule has 0 bridgehead atoms. The Kier molecular flexibility index (Phi) is 5.86. The second-order valence-electron chi connectivity index (χ2n) is 6.56. The van der Waals surface area contributed by atoms with E-state index in [0.29, 0.717) is 5.56 Å². The standard InChI is InChI=1S/C21H23N3O3/c1-2-7-18(16-9-4-3-5-10-16)23-20(26)17-11-6-8-15(12-17)14-24-19(25)13-22-21(24)27/h3-6,8-12,18H,2,7,13-14H2,1H3,(H,22,27)(H,23,26)/t18-/m0/s1. The third-order valence-electron chi connectivity index (χ3n) is 4.55. The maximum absolute atomic E-state index is 12.8. The van der Waals surface area contributed by atoms with Crippen LogP contribution in [0.4, 0.5) is 4.79 Å². The van der Waals surface area contributed by atoms with Crippen LogP contribution >= 0.6 is 0 Å². The van der Waals surface area contributed by atoms with E-state index in [1.807, 2.05) is 30.3 Å². The van der Waals surface area contributed by atoms with Crippen molar-refractivity contribution < 1.29 is 14.4 Å². The van der Waals surface area contributed by atoms with Crippen LogP contribution in [0, 0.1) is 0 Å². The zero-order valence-corrected chi connectivity index (χ0v) is 15.3. The molecule has 1 aliphatic heterocycles. The van der Waals surface area contributed by atoms with Crippen LogP contribution in [0.2, 0.25) is 0 Å². The SMILES string of the molecule is CCC[C@H](NC(=O)c1cccc(CN2C(=O)CNC2=O)c1)c1ccccc1. The zero-order valence-electron chi connectivity index (χ0n) is 15.3. The maximum atomic E-state index is 12.8. The Labute approximate surface area is 158 Å². The first kappa shape index (κ1) is 18.6. The van der Waals surface area contributed by atoms with Gasteiger partial charge in [-0.15, -0.1) is 0 Å². The molecule has 0 unspecified atom stereocenters. The number of benzene rings is 2. The lowest BCUT2D eigenvalue weighted by atomic mass is 10.0. The van der Waals surface area contributed by atoms with Gasteiger partial charge in [0, 0.05) is 5.56 Å². The first-order valence-electron chi connectivity index (χ1n) is 9.11. The summed E-state index contributed by atoms with van der Waals surface area (Å²) in [4.78, 5) is 37.3. The van der Waals surface area contributed by atoms with Gasteiger partial charge >= 0.3 is 6.03 Å². The van der Waals surface area contributed by atoms with Crippen LogP contribution in [0.3, 0.4) is 0 Å². The molecule has 0 aliphatic carbocycles. The van der Waals surface area contributed by atoms with Crippen molar-refractivity contribution in [1.82, 2.24) is 15.5 Å². The average Bonchev–Trinajstić information content (AvgIpc) is 3.00. The molecule has 1 saturated heterocycles. The number of nitrogens with zero attached hydrogens (tertiary/aromatic N) is 1. The summed E-state index contributed by atoms with van der Waals surface area (Å²) in [7, 11) is 0. The molecule has 2 aromatic rings. The Bertz CT molecular complexity index is 820. The van der Waals surface area contributed by atoms with Crippen molar-refractivity contribution in [1.29, 1.82) is 0 Å². The van der Waals surface area contributed by atoms with Crippen molar-refractivity contribution in [3.8, 4) is 0 Å². The number of rotatable bonds is 7. The summed E-state index contributed by atoms with van der Waals surface area (Å²) in [6, 6.07) is 16.5. The van der Waals surface area contributed by atoms with E-state index in [1.54, 1.807) is 24.3 Å². The third-order valence-corrected chi connectivity index (χ3v) is 4.55. The van der Waals surface area contributed by atoms with Gasteiger partial charge in [0.15, 0.2) is 0 Å². The largest absolute Gasteiger partial charge is 0.345 e. The fraction of sp³-hybridized carbons (Fsp3) is 0.286. The zero-order chi connectivity index (χ0) is 19.2. The molecule has 0 saturated carbocycles. The van der Waals surface area contributed by atoms with Crippen molar-refractivity contribution in [2.75, 3.05) is 6.54 Å². The van der Waals surface area contributed by atoms with Crippen molar-refractivity contribution in [2.45, 2.75) is 32.4 Å². The van der Waals surface area contributed by atoms with Gasteiger partial charge in [-0.1, -0.05) is 55.8 Å². The topological polar surface area (TPSA) is 78.5 Å². The van der Waals surface area contributed by atoms with Crippen molar-refractivity contribution >= 4 is 17.8 Å². The molecule has 1 fully saturated rings. The Balaban J connectivity index is 1.72. The van der Waals surface area contributed by atoms with Crippen molar-refractivity contribution in [2.24, 2.45) is 0 Å². The fourth-order valence-electron chi connectivity index (χ4n) is 3.15. The minimum Gasteiger partial charge on any atom is -0.345 e. The van der Waals surface area contributed by atoms with Crippen LogP contribution in [-0.4, -0.2) is 29.3 Å². The number of carbonyl (C=O) groups excluding carboxylic acids is 3. The highest BCUT2D eigenvalue weighted by Crippen LogP contribution is 2.19. The number of hydrogen-bond acceptors (Lipinski definition) is 3. The number of carbonyl (C=O) groups is 3. The summed E-state index contributed by atoms with van der Waals surface area (Å²) in [5, 5.41) is 5.58. The minimum absolute atomic E-state index is 0.0226. The quantitative estimate of drug-likeness (QED) is 0.741. The molecule has 2 N–H and O–H groups in total. The Morgan fingerprint density at radius 2 is 1.93 bits per heavy atom. The summed E-state index contributed by atoms with van der Waals surface area (Å²) in [6.07, 6.45) is 1.80. The molecule has 6 heteroatoms. The molecule has 1 aliphatic rings. The molecule has 1 atom stereocenters. The van der Waals surface area contributed by atoms with Gasteiger partial charge in [0.05, 0.1) is 19.1 Å². The predicted molar refractivity (Wildman–Crippen MR) is 102 cm³/mol. The van der Waals surface area contributed by atoms with E-state index < -0.39 is 6.03 Å². The van der Waals surface area contributed by atoms with Crippen LogP contribution in [0.1, 0.15) is 47.3 Å². The van der Waals surface area contributed by atoms with Gasteiger partial charge in [-0.3, -0.25) is 14.5 Å². The minimum atomic E-state index is -0.401. The van der Waals surface area contributed by atoms with Crippen LogP contribution in [0.5, 0.6) is 0 Å². The molecular formula is C21H23N3O3. The lowest BCUT2D eigenvalue weighted by Gasteiger charge is -2.19. The van der Waals surface area contributed by atoms with E-state index in [4.69, 9.17) is 0 Å². The molecule has 0 aromatic heterocycles. The number of amides is 4. The molecular weight excluding hydrogens is 342 g/mol. The lowest BCUT2D eigenvalue weighted by molar-refractivity contribution is -0.125. The third kappa shape index (κ3) is 4.53. The number of hydrogen-bond donors (Lipinski definition) is 2. The molecule has 6 nitrogen and oxygen atoms in total. The summed E-state index contributed by atoms with van der Waals surface area (Å²) >= 11 is 0. The molecule has 2 aromatic carbocycles. The molecule has 3 rings (SSSR count). The summed E-state index contributed by atoms with van der Waals surface area (Å²) in [5.41, 5.74) is 2.32. The van der Waals surface area contributed by atoms with E-state index in [-0.39, 0.29) is 30.9 Å². The highest BCUT2D eigenvalue weighted by molar-refractivity contribution is 6.02. The fourth-order valence-corrected chi connectivity index (χ4v) is 3.15. The first-order valence-corrected chi connectivity index (χ1v) is 9.11. The molecule has 0 radical (unpaired) electrons. The van der Waals surface area contributed by atoms with Crippen molar-refractivity contribution in [3.05, 3.63) is 71.3 Å². The molecule has 4 amide bonds. The van der Waals surface area contributed by atoms with Gasteiger partial charge in [0.1, 0.15) is 0 Å². The second-order valence-corrected chi connectivity index (χ2v) is 6.56. The van der Waals surface area contributed by atoms with Gasteiger partial charge in [0.2, 0.25) is 5.91 Å². The van der Waals surface area contributed by atoms with E-state index >= 15 is 0 Å². The monoisotopic (exact) mass is 365 g/mol. The molecule has 27 heavy (non-hydrogen) atoms. The molecule has 0 spiro atoms. The maximum Gasteiger partial charge on any atom is 0.324 e. The van der Waals surface area contributed by atoms with Crippen LogP contribution in [-0.2, 0) is 11.3 Å². The van der Waals surface area contributed by atoms with Gasteiger partial charge < -0.3 is 10.6 Å². The lowest BCUT2D eigenvalue weighted by Crippen LogP contribution is -2.31. The van der Waals surface area contributed by atoms with Gasteiger partial charge in [0.25, 0.3) is 5.91 Å². The van der Waals surface area contributed by atoms with Gasteiger partial charge in [-0.25, -0.2) is 4.79 Å². The van der Waals surface area contributed by atoms with E-state index in [9.17, 15) is 14.4 Å². The van der Waals surface area contributed by atoms with E-state index in [1.165, 1.54) is 0 Å². The number of urea groups is 1. The van der Waals surface area contributed by atoms with Crippen LogP contribution in [0.25, 0.3) is 0 Å². The summed E-state index contributed by atoms with van der Waals surface area (Å²) in [5.74, 6) is -0.432. The Hall–Kier alpha value is -3.15. The van der Waals surface area contributed by atoms with Crippen molar-refractivity contribution in [3.63, 3.8) is 0 Å². The van der Waals surface area contributed by atoms with Gasteiger partial charge in [-0.05, 0) is 29.7 Å². The van der Waals surface area contributed by atoms with E-state index in [2.05, 4.69) is 17.6 Å². The molecule has 1 heterocycles. The number of imide groups is 1. The second kappa shape index (κ2) is 8.49. The predicted octanol–water partition coefficient (Wildman–Crippen LogP) is 3.01. The summed E-state index contributed by atoms with van der Waals surface area (Å²) < 4.78 is 0. The smallest absolute Gasteiger partial charge is 0.324 e. The van der Waals surface area contributed by atoms with Crippen LogP contribution < -0.4 is 10.6 Å². The highest BCUT2D eigenvalue weighted by Gasteiger charge is 2.28. The van der Waals surface area contributed by atoms with E-state index in [0.717, 1.165) is 28.9 Å². The number of nitrogens with one attached hydrogen (secondary N) is 2. The van der Waals surface area contributed by atoms with Crippen LogP contribution in [0.15, 0.2) is 54.6 Å². The van der Waals surface area contributed by atoms with Gasteiger partial charge in [-0.2, -0.15) is 0 Å². The highest BCUT2D eigenvalue weighted by atomic mass is 16.2. The molecule has 140 valence electrons. The first-order chi connectivity index (χ1) is 13.1. The summed E-state index contributed by atoms with van der Waals surface area (Å²) in [6.45, 7) is 2.26. The average molecular weight is 365 g/mol. The Morgan fingerprint density at radius 3 is 2.59 bits per heavy atom.